The van der Waals surface area contributed by atoms with Gasteiger partial charge in [-0.3, -0.25) is 9.59 Å². The molecule has 1 aliphatic heterocycles. The second-order valence-electron chi connectivity index (χ2n) is 7.40. The van der Waals surface area contributed by atoms with Crippen LogP contribution in [0.4, 0.5) is 5.69 Å². The number of aromatic nitrogens is 1. The van der Waals surface area contributed by atoms with Crippen molar-refractivity contribution >= 4 is 29.3 Å². The highest BCUT2D eigenvalue weighted by molar-refractivity contribution is 7.99. The third-order valence-electron chi connectivity index (χ3n) is 5.05. The summed E-state index contributed by atoms with van der Waals surface area (Å²) in [5, 5.41) is 2.86. The minimum Gasteiger partial charge on any atom is -0.477 e. The van der Waals surface area contributed by atoms with Crippen LogP contribution >= 0.6 is 11.8 Å². The van der Waals surface area contributed by atoms with E-state index in [-0.39, 0.29) is 24.7 Å². The Balaban J connectivity index is 1.20. The Hall–Kier alpha value is -2.54. The number of para-hydroxylation sites is 1. The predicted octanol–water partition coefficient (Wildman–Crippen LogP) is 3.41. The van der Waals surface area contributed by atoms with Crippen LogP contribution in [0, 0.1) is 5.92 Å². The van der Waals surface area contributed by atoms with Crippen molar-refractivity contribution in [1.82, 2.24) is 10.3 Å². The van der Waals surface area contributed by atoms with Gasteiger partial charge in [-0.25, -0.2) is 4.98 Å². The van der Waals surface area contributed by atoms with Gasteiger partial charge in [0.25, 0.3) is 0 Å². The number of anilines is 1. The quantitative estimate of drug-likeness (QED) is 0.721. The summed E-state index contributed by atoms with van der Waals surface area (Å²) < 4.78 is 5.62. The Morgan fingerprint density at radius 2 is 2.03 bits per heavy atom. The number of carbonyl (C=O) groups excluding carboxylic acids is 2. The first-order valence-corrected chi connectivity index (χ1v) is 11.0. The predicted molar refractivity (Wildman–Crippen MR) is 113 cm³/mol. The number of thioether (sulfide) groups is 1. The number of hydrogen-bond acceptors (Lipinski definition) is 5. The molecule has 29 heavy (non-hydrogen) atoms. The van der Waals surface area contributed by atoms with E-state index in [4.69, 9.17) is 4.74 Å². The number of benzene rings is 1. The van der Waals surface area contributed by atoms with Crippen molar-refractivity contribution in [3.63, 3.8) is 0 Å². The molecule has 2 aromatic rings. The summed E-state index contributed by atoms with van der Waals surface area (Å²) in [7, 11) is 0. The lowest BCUT2D eigenvalue weighted by atomic mass is 10.2. The van der Waals surface area contributed by atoms with Crippen LogP contribution in [0.3, 0.4) is 0 Å². The van der Waals surface area contributed by atoms with Gasteiger partial charge in [0.1, 0.15) is 0 Å². The van der Waals surface area contributed by atoms with Gasteiger partial charge in [-0.1, -0.05) is 18.2 Å². The molecule has 1 aromatic carbocycles. The Labute approximate surface area is 175 Å². The van der Waals surface area contributed by atoms with Crippen LogP contribution in [0.25, 0.3) is 0 Å². The molecular formula is C22H25N3O3S. The standard InChI is InChI=1S/C22H25N3O3S/c26-20(23-13-17-7-9-21(24-14-17)28-15-16-5-6-16)8-10-22(27)25-11-12-29-19-4-2-1-3-18(19)25/h1-4,7,9,14,16H,5-6,8,10-13,15H2,(H,23,26). The van der Waals surface area contributed by atoms with Crippen LogP contribution in [-0.2, 0) is 16.1 Å². The van der Waals surface area contributed by atoms with E-state index in [1.54, 1.807) is 22.9 Å². The highest BCUT2D eigenvalue weighted by atomic mass is 32.2. The van der Waals surface area contributed by atoms with Crippen LogP contribution in [0.2, 0.25) is 0 Å². The molecule has 6 nitrogen and oxygen atoms in total. The largest absolute Gasteiger partial charge is 0.477 e. The summed E-state index contributed by atoms with van der Waals surface area (Å²) in [5.74, 6) is 2.05. The Kier molecular flexibility index (Phi) is 6.34. The molecule has 152 valence electrons. The molecule has 0 bridgehead atoms. The summed E-state index contributed by atoms with van der Waals surface area (Å²) in [6, 6.07) is 11.6. The molecule has 0 unspecified atom stereocenters. The molecule has 2 aliphatic rings. The van der Waals surface area contributed by atoms with Gasteiger partial charge in [-0.15, -0.1) is 11.8 Å². The van der Waals surface area contributed by atoms with Gasteiger partial charge in [-0.05, 0) is 36.5 Å². The SMILES string of the molecule is O=C(CCC(=O)N1CCSc2ccccc21)NCc1ccc(OCC2CC2)nc1. The van der Waals surface area contributed by atoms with Crippen LogP contribution in [0.1, 0.15) is 31.2 Å². The minimum atomic E-state index is -0.132. The van der Waals surface area contributed by atoms with Crippen molar-refractivity contribution in [2.75, 3.05) is 23.8 Å². The molecule has 0 saturated heterocycles. The zero-order chi connectivity index (χ0) is 20.1. The molecule has 1 aliphatic carbocycles. The number of nitrogens with zero attached hydrogens (tertiary/aromatic N) is 2. The van der Waals surface area contributed by atoms with Crippen molar-refractivity contribution in [2.24, 2.45) is 5.92 Å². The average molecular weight is 412 g/mol. The average Bonchev–Trinajstić information content (AvgIpc) is 3.59. The van der Waals surface area contributed by atoms with Crippen LogP contribution < -0.4 is 15.0 Å². The lowest BCUT2D eigenvalue weighted by Crippen LogP contribution is -2.36. The number of amides is 2. The van der Waals surface area contributed by atoms with E-state index in [0.29, 0.717) is 24.9 Å². The zero-order valence-corrected chi connectivity index (χ0v) is 17.1. The van der Waals surface area contributed by atoms with Gasteiger partial charge < -0.3 is 15.0 Å². The summed E-state index contributed by atoms with van der Waals surface area (Å²) in [4.78, 5) is 32.0. The maximum atomic E-state index is 12.6. The third-order valence-corrected chi connectivity index (χ3v) is 6.09. The second kappa shape index (κ2) is 9.31. The van der Waals surface area contributed by atoms with E-state index in [1.165, 1.54) is 12.8 Å². The van der Waals surface area contributed by atoms with Crippen molar-refractivity contribution in [3.05, 3.63) is 48.2 Å². The summed E-state index contributed by atoms with van der Waals surface area (Å²) >= 11 is 1.76. The lowest BCUT2D eigenvalue weighted by molar-refractivity contribution is -0.125. The number of pyridine rings is 1. The number of hydrogen-bond donors (Lipinski definition) is 1. The fourth-order valence-corrected chi connectivity index (χ4v) is 4.16. The van der Waals surface area contributed by atoms with E-state index in [9.17, 15) is 9.59 Å². The van der Waals surface area contributed by atoms with Gasteiger partial charge in [0, 0.05) is 48.8 Å². The van der Waals surface area contributed by atoms with E-state index < -0.39 is 0 Å². The van der Waals surface area contributed by atoms with Gasteiger partial charge in [0.05, 0.1) is 12.3 Å². The van der Waals surface area contributed by atoms with Crippen molar-refractivity contribution in [1.29, 1.82) is 0 Å². The topological polar surface area (TPSA) is 71.5 Å². The monoisotopic (exact) mass is 411 g/mol. The van der Waals surface area contributed by atoms with E-state index in [1.807, 2.05) is 36.4 Å². The molecule has 1 N–H and O–H groups in total. The maximum Gasteiger partial charge on any atom is 0.227 e. The molecule has 4 rings (SSSR count). The molecule has 0 radical (unpaired) electrons. The molecule has 1 fully saturated rings. The first kappa shape index (κ1) is 19.8. The second-order valence-corrected chi connectivity index (χ2v) is 8.53. The first-order valence-electron chi connectivity index (χ1n) is 10.1. The minimum absolute atomic E-state index is 0.00766. The normalized spacial score (nSPS) is 15.5. The van der Waals surface area contributed by atoms with Crippen molar-refractivity contribution < 1.29 is 14.3 Å². The number of fused-ring (bicyclic) bond motifs is 1. The van der Waals surface area contributed by atoms with Crippen molar-refractivity contribution in [3.8, 4) is 5.88 Å². The van der Waals surface area contributed by atoms with E-state index >= 15 is 0 Å². The first-order chi connectivity index (χ1) is 14.2. The van der Waals surface area contributed by atoms with Gasteiger partial charge >= 0.3 is 0 Å². The molecule has 1 saturated carbocycles. The summed E-state index contributed by atoms with van der Waals surface area (Å²) in [6.07, 6.45) is 4.60. The van der Waals surface area contributed by atoms with Gasteiger partial charge in [0.2, 0.25) is 17.7 Å². The van der Waals surface area contributed by atoms with E-state index in [0.717, 1.165) is 28.5 Å². The Bertz CT molecular complexity index is 868. The van der Waals surface area contributed by atoms with E-state index in [2.05, 4.69) is 10.3 Å². The fourth-order valence-electron chi connectivity index (χ4n) is 3.16. The zero-order valence-electron chi connectivity index (χ0n) is 16.3. The fraction of sp³-hybridized carbons (Fsp3) is 0.409. The summed E-state index contributed by atoms with van der Waals surface area (Å²) in [5.41, 5.74) is 1.86. The molecule has 2 heterocycles. The molecule has 7 heteroatoms. The number of nitrogens with one attached hydrogen (secondary N) is 1. The summed E-state index contributed by atoms with van der Waals surface area (Å²) in [6.45, 7) is 1.81. The number of ether oxygens (including phenoxy) is 1. The number of rotatable bonds is 8. The van der Waals surface area contributed by atoms with Gasteiger partial charge in [0.15, 0.2) is 0 Å². The van der Waals surface area contributed by atoms with Crippen LogP contribution in [0.5, 0.6) is 5.88 Å². The molecular weight excluding hydrogens is 386 g/mol. The van der Waals surface area contributed by atoms with Crippen LogP contribution in [0.15, 0.2) is 47.5 Å². The third kappa shape index (κ3) is 5.50. The maximum absolute atomic E-state index is 12.6. The van der Waals surface area contributed by atoms with Crippen molar-refractivity contribution in [2.45, 2.75) is 37.1 Å². The smallest absolute Gasteiger partial charge is 0.227 e. The highest BCUT2D eigenvalue weighted by Crippen LogP contribution is 2.34. The molecule has 0 atom stereocenters. The Morgan fingerprint density at radius 1 is 1.17 bits per heavy atom. The number of carbonyl (C=O) groups is 2. The highest BCUT2D eigenvalue weighted by Gasteiger charge is 2.23. The molecule has 1 aromatic heterocycles. The lowest BCUT2D eigenvalue weighted by Gasteiger charge is -2.29. The van der Waals surface area contributed by atoms with Gasteiger partial charge in [-0.2, -0.15) is 0 Å². The van der Waals surface area contributed by atoms with Crippen LogP contribution in [-0.4, -0.2) is 35.7 Å². The molecule has 0 spiro atoms. The molecule has 2 amide bonds. The Morgan fingerprint density at radius 3 is 2.83 bits per heavy atom.